The van der Waals surface area contributed by atoms with Crippen LogP contribution in [0.25, 0.3) is 0 Å². The maximum Gasteiger partial charge on any atom is 0.253 e. The van der Waals surface area contributed by atoms with Gasteiger partial charge in [-0.05, 0) is 19.4 Å². The second-order valence-electron chi connectivity index (χ2n) is 6.05. The molecule has 0 saturated carbocycles. The van der Waals surface area contributed by atoms with E-state index in [-0.39, 0.29) is 23.9 Å². The summed E-state index contributed by atoms with van der Waals surface area (Å²) in [7, 11) is 3.63. The zero-order valence-corrected chi connectivity index (χ0v) is 13.9. The molecule has 1 aliphatic rings. The highest BCUT2D eigenvalue weighted by molar-refractivity contribution is 5.94. The fourth-order valence-corrected chi connectivity index (χ4v) is 3.05. The van der Waals surface area contributed by atoms with Gasteiger partial charge < -0.3 is 14.8 Å². The molecular weight excluding hydrogens is 308 g/mol. The van der Waals surface area contributed by atoms with Crippen LogP contribution in [0.5, 0.6) is 0 Å². The van der Waals surface area contributed by atoms with Gasteiger partial charge in [-0.2, -0.15) is 10.2 Å². The molecule has 1 N–H and O–H groups in total. The highest BCUT2D eigenvalue weighted by atomic mass is 16.2. The highest BCUT2D eigenvalue weighted by Gasteiger charge is 2.37. The van der Waals surface area contributed by atoms with Gasteiger partial charge >= 0.3 is 0 Å². The predicted molar refractivity (Wildman–Crippen MR) is 86.0 cm³/mol. The van der Waals surface area contributed by atoms with Crippen molar-refractivity contribution < 1.29 is 9.59 Å². The standard InChI is InChI=1S/C16H20N6O2/c1-10-8-11(9-18-20-10)16(24)19-12-4-5-13(23)22(3)14(12)15-17-6-7-21(15)2/h6-9,12,14H,4-5H2,1-3H3,(H,19,24)/t12-,14-/m1/s1. The zero-order valence-electron chi connectivity index (χ0n) is 13.9. The van der Waals surface area contributed by atoms with E-state index in [4.69, 9.17) is 0 Å². The van der Waals surface area contributed by atoms with Crippen LogP contribution >= 0.6 is 0 Å². The largest absolute Gasteiger partial charge is 0.347 e. The summed E-state index contributed by atoms with van der Waals surface area (Å²) < 4.78 is 1.87. The van der Waals surface area contributed by atoms with Crippen LogP contribution in [-0.2, 0) is 11.8 Å². The molecule has 0 bridgehead atoms. The summed E-state index contributed by atoms with van der Waals surface area (Å²) in [5.74, 6) is 0.578. The summed E-state index contributed by atoms with van der Waals surface area (Å²) in [4.78, 5) is 30.7. The molecule has 1 aliphatic heterocycles. The molecule has 0 spiro atoms. The van der Waals surface area contributed by atoms with Gasteiger partial charge in [-0.15, -0.1) is 0 Å². The minimum absolute atomic E-state index is 0.0509. The second-order valence-corrected chi connectivity index (χ2v) is 6.05. The molecule has 3 rings (SSSR count). The van der Waals surface area contributed by atoms with E-state index in [0.717, 1.165) is 5.82 Å². The number of nitrogens with one attached hydrogen (secondary N) is 1. The lowest BCUT2D eigenvalue weighted by molar-refractivity contribution is -0.136. The van der Waals surface area contributed by atoms with Gasteiger partial charge in [0.05, 0.1) is 23.5 Å². The molecule has 2 amide bonds. The molecule has 126 valence electrons. The summed E-state index contributed by atoms with van der Waals surface area (Å²) in [5, 5.41) is 10.7. The average Bonchev–Trinajstić information content (AvgIpc) is 2.97. The van der Waals surface area contributed by atoms with E-state index >= 15 is 0 Å². The maximum absolute atomic E-state index is 12.5. The van der Waals surface area contributed by atoms with E-state index in [2.05, 4.69) is 20.5 Å². The van der Waals surface area contributed by atoms with E-state index in [1.54, 1.807) is 31.1 Å². The number of likely N-dealkylation sites (tertiary alicyclic amines) is 1. The fourth-order valence-electron chi connectivity index (χ4n) is 3.05. The molecule has 2 aromatic heterocycles. The van der Waals surface area contributed by atoms with Crippen LogP contribution in [0.2, 0.25) is 0 Å². The van der Waals surface area contributed by atoms with Crippen LogP contribution in [-0.4, -0.2) is 49.6 Å². The number of aryl methyl sites for hydroxylation is 2. The summed E-state index contributed by atoms with van der Waals surface area (Å²) in [5.41, 5.74) is 1.14. The molecule has 8 nitrogen and oxygen atoms in total. The number of nitrogens with zero attached hydrogens (tertiary/aromatic N) is 5. The van der Waals surface area contributed by atoms with Gasteiger partial charge in [-0.25, -0.2) is 4.98 Å². The molecule has 3 heterocycles. The summed E-state index contributed by atoms with van der Waals surface area (Å²) >= 11 is 0. The molecule has 8 heteroatoms. The monoisotopic (exact) mass is 328 g/mol. The molecule has 0 unspecified atom stereocenters. The van der Waals surface area contributed by atoms with E-state index in [1.165, 1.54) is 6.20 Å². The van der Waals surface area contributed by atoms with Crippen LogP contribution < -0.4 is 5.32 Å². The van der Waals surface area contributed by atoms with Crippen LogP contribution in [0.4, 0.5) is 0 Å². The maximum atomic E-state index is 12.5. The minimum atomic E-state index is -0.300. The topological polar surface area (TPSA) is 93.0 Å². The minimum Gasteiger partial charge on any atom is -0.347 e. The van der Waals surface area contributed by atoms with Crippen molar-refractivity contribution in [3.63, 3.8) is 0 Å². The van der Waals surface area contributed by atoms with Gasteiger partial charge in [0, 0.05) is 32.9 Å². The number of carbonyl (C=O) groups is 2. The molecule has 2 aromatic rings. The Morgan fingerprint density at radius 2 is 2.17 bits per heavy atom. The van der Waals surface area contributed by atoms with Crippen molar-refractivity contribution in [1.82, 2.24) is 30.0 Å². The van der Waals surface area contributed by atoms with Crippen molar-refractivity contribution >= 4 is 11.8 Å². The molecular formula is C16H20N6O2. The lowest BCUT2D eigenvalue weighted by Crippen LogP contribution is -2.51. The third kappa shape index (κ3) is 2.99. The van der Waals surface area contributed by atoms with E-state index in [9.17, 15) is 9.59 Å². The van der Waals surface area contributed by atoms with Crippen LogP contribution in [0.1, 0.15) is 40.8 Å². The van der Waals surface area contributed by atoms with E-state index in [0.29, 0.717) is 24.1 Å². The van der Waals surface area contributed by atoms with Gasteiger partial charge in [-0.1, -0.05) is 0 Å². The Hall–Kier alpha value is -2.77. The lowest BCUT2D eigenvalue weighted by atomic mass is 9.95. The quantitative estimate of drug-likeness (QED) is 0.891. The summed E-state index contributed by atoms with van der Waals surface area (Å²) in [6.45, 7) is 1.79. The SMILES string of the molecule is Cc1cc(C(=O)N[C@@H]2CCC(=O)N(C)[C@H]2c2nccn2C)cnn1. The number of carbonyl (C=O) groups excluding carboxylic acids is 2. The number of amides is 2. The molecule has 0 aliphatic carbocycles. The Morgan fingerprint density at radius 3 is 2.83 bits per heavy atom. The van der Waals surface area contributed by atoms with Crippen molar-refractivity contribution in [3.05, 3.63) is 41.7 Å². The Bertz CT molecular complexity index is 771. The number of aromatic nitrogens is 4. The predicted octanol–water partition coefficient (Wildman–Crippen LogP) is 0.610. The average molecular weight is 328 g/mol. The van der Waals surface area contributed by atoms with Crippen molar-refractivity contribution in [2.45, 2.75) is 31.8 Å². The molecule has 1 fully saturated rings. The first-order valence-corrected chi connectivity index (χ1v) is 7.80. The van der Waals surface area contributed by atoms with Gasteiger partial charge in [-0.3, -0.25) is 9.59 Å². The Labute approximate surface area is 139 Å². The number of piperidine rings is 1. The van der Waals surface area contributed by atoms with Gasteiger partial charge in [0.1, 0.15) is 11.9 Å². The first-order chi connectivity index (χ1) is 11.5. The number of hydrogen-bond acceptors (Lipinski definition) is 5. The third-order valence-electron chi connectivity index (χ3n) is 4.34. The normalized spacial score (nSPS) is 21.0. The highest BCUT2D eigenvalue weighted by Crippen LogP contribution is 2.29. The molecule has 2 atom stereocenters. The molecule has 0 radical (unpaired) electrons. The fraction of sp³-hybridized carbons (Fsp3) is 0.438. The Balaban J connectivity index is 1.86. The van der Waals surface area contributed by atoms with Crippen molar-refractivity contribution in [2.75, 3.05) is 7.05 Å². The molecule has 24 heavy (non-hydrogen) atoms. The lowest BCUT2D eigenvalue weighted by Gasteiger charge is -2.38. The van der Waals surface area contributed by atoms with Gasteiger partial charge in [0.15, 0.2) is 0 Å². The Morgan fingerprint density at radius 1 is 1.38 bits per heavy atom. The van der Waals surface area contributed by atoms with Crippen LogP contribution in [0.15, 0.2) is 24.7 Å². The van der Waals surface area contributed by atoms with E-state index < -0.39 is 0 Å². The summed E-state index contributed by atoms with van der Waals surface area (Å²) in [6, 6.07) is 1.18. The number of hydrogen-bond donors (Lipinski definition) is 1. The molecule has 0 aromatic carbocycles. The number of rotatable bonds is 3. The van der Waals surface area contributed by atoms with Crippen molar-refractivity contribution in [3.8, 4) is 0 Å². The van der Waals surface area contributed by atoms with Crippen LogP contribution in [0, 0.1) is 6.92 Å². The zero-order chi connectivity index (χ0) is 17.3. The van der Waals surface area contributed by atoms with E-state index in [1.807, 2.05) is 17.8 Å². The van der Waals surface area contributed by atoms with Gasteiger partial charge in [0.25, 0.3) is 5.91 Å². The second kappa shape index (κ2) is 6.38. The Kier molecular flexibility index (Phi) is 4.28. The smallest absolute Gasteiger partial charge is 0.253 e. The summed E-state index contributed by atoms with van der Waals surface area (Å²) in [6.07, 6.45) is 5.93. The van der Waals surface area contributed by atoms with Gasteiger partial charge in [0.2, 0.25) is 5.91 Å². The van der Waals surface area contributed by atoms with Crippen molar-refractivity contribution in [2.24, 2.45) is 7.05 Å². The third-order valence-corrected chi connectivity index (χ3v) is 4.34. The van der Waals surface area contributed by atoms with Crippen LogP contribution in [0.3, 0.4) is 0 Å². The molecule has 1 saturated heterocycles. The number of likely N-dealkylation sites (N-methyl/N-ethyl adjacent to an activating group) is 1. The van der Waals surface area contributed by atoms with Crippen molar-refractivity contribution in [1.29, 1.82) is 0 Å². The number of imidazole rings is 1. The first-order valence-electron chi connectivity index (χ1n) is 7.80. The first kappa shape index (κ1) is 16.1.